The van der Waals surface area contributed by atoms with Gasteiger partial charge in [-0.05, 0) is 70.4 Å². The van der Waals surface area contributed by atoms with Crippen LogP contribution in [0.1, 0.15) is 35.6 Å². The maximum Gasteiger partial charge on any atom is 0.0866 e. The van der Waals surface area contributed by atoms with Gasteiger partial charge in [-0.2, -0.15) is 0 Å². The number of hydrogen-bond acceptors (Lipinski definition) is 1. The van der Waals surface area contributed by atoms with Crippen LogP contribution in [-0.2, 0) is 0 Å². The Morgan fingerprint density at radius 3 is 2.41 bits per heavy atom. The van der Waals surface area contributed by atoms with Crippen molar-refractivity contribution in [3.63, 3.8) is 0 Å². The number of benzene rings is 5. The molecule has 196 valence electrons. The number of hydrogen-bond donors (Lipinski definition) is 0. The van der Waals surface area contributed by atoms with Crippen molar-refractivity contribution in [2.45, 2.75) is 18.9 Å². The van der Waals surface area contributed by atoms with Crippen LogP contribution >= 0.6 is 7.92 Å². The normalized spacial score (nSPS) is 19.5. The van der Waals surface area contributed by atoms with Crippen molar-refractivity contribution in [2.24, 2.45) is 10.9 Å². The molecule has 0 bridgehead atoms. The molecular formula is C39H30NP. The Labute approximate surface area is 242 Å². The Kier molecular flexibility index (Phi) is 6.12. The van der Waals surface area contributed by atoms with E-state index in [2.05, 4.69) is 146 Å². The van der Waals surface area contributed by atoms with Gasteiger partial charge in [-0.3, -0.25) is 4.99 Å². The lowest BCUT2D eigenvalue weighted by molar-refractivity contribution is 0.600. The Morgan fingerprint density at radius 1 is 0.683 bits per heavy atom. The molecule has 2 aliphatic carbocycles. The Bertz CT molecular complexity index is 2010. The standard InChI is InChI=1S/C39H30NP/c1-3-15-30(16-4-1)41(31-17-5-2-6-18-31)32-19-11-14-29(26-32)37-35-24-22-27-12-7-9-20-33(27)38(35)40-39-34-21-10-8-13-28(34)23-25-36(37)39/h1,3-5,7-26,35,38H,2,6H2. The average molecular weight is 544 g/mol. The van der Waals surface area contributed by atoms with E-state index in [4.69, 9.17) is 4.99 Å². The van der Waals surface area contributed by atoms with Gasteiger partial charge < -0.3 is 0 Å². The van der Waals surface area contributed by atoms with Gasteiger partial charge in [-0.15, -0.1) is 0 Å². The summed E-state index contributed by atoms with van der Waals surface area (Å²) >= 11 is 0. The highest BCUT2D eigenvalue weighted by molar-refractivity contribution is 7.77. The molecule has 1 nitrogen and oxygen atoms in total. The zero-order valence-electron chi connectivity index (χ0n) is 22.8. The number of allylic oxidation sites excluding steroid dienone is 4. The summed E-state index contributed by atoms with van der Waals surface area (Å²) in [6.07, 6.45) is 14.1. The van der Waals surface area contributed by atoms with Crippen molar-refractivity contribution in [2.75, 3.05) is 0 Å². The van der Waals surface area contributed by atoms with E-state index in [1.165, 1.54) is 54.2 Å². The second-order valence-electron chi connectivity index (χ2n) is 11.0. The molecule has 0 N–H and O–H groups in total. The molecule has 1 aliphatic heterocycles. The molecule has 0 spiro atoms. The summed E-state index contributed by atoms with van der Waals surface area (Å²) in [5.41, 5.74) is 5.28. The molecule has 1 heterocycles. The van der Waals surface area contributed by atoms with E-state index in [-0.39, 0.29) is 12.0 Å². The lowest BCUT2D eigenvalue weighted by atomic mass is 9.76. The molecule has 0 amide bonds. The monoisotopic (exact) mass is 543 g/mol. The molecule has 0 saturated carbocycles. The lowest BCUT2D eigenvalue weighted by Crippen LogP contribution is -2.38. The first kappa shape index (κ1) is 24.5. The summed E-state index contributed by atoms with van der Waals surface area (Å²) in [5, 5.41) is 9.10. The van der Waals surface area contributed by atoms with Crippen LogP contribution in [0.15, 0.2) is 150 Å². The number of fused-ring (bicyclic) bond motifs is 6. The van der Waals surface area contributed by atoms with Crippen molar-refractivity contribution in [1.29, 1.82) is 0 Å². The maximum atomic E-state index is 5.50. The van der Waals surface area contributed by atoms with Crippen molar-refractivity contribution in [1.82, 2.24) is 0 Å². The van der Waals surface area contributed by atoms with Crippen LogP contribution in [0.2, 0.25) is 0 Å². The van der Waals surface area contributed by atoms with E-state index >= 15 is 0 Å². The second kappa shape index (κ2) is 10.3. The third-order valence-corrected chi connectivity index (χ3v) is 11.1. The predicted octanol–water partition coefficient (Wildman–Crippen LogP) is 7.72. The number of nitrogens with zero attached hydrogens (tertiary/aromatic N) is 1. The molecule has 41 heavy (non-hydrogen) atoms. The first-order valence-electron chi connectivity index (χ1n) is 14.5. The molecule has 3 atom stereocenters. The molecule has 2 heteroatoms. The van der Waals surface area contributed by atoms with Gasteiger partial charge in [0.15, 0.2) is 0 Å². The summed E-state index contributed by atoms with van der Waals surface area (Å²) in [7, 11) is -0.644. The molecule has 5 aromatic carbocycles. The first-order valence-corrected chi connectivity index (χ1v) is 15.9. The zero-order chi connectivity index (χ0) is 27.2. The minimum atomic E-state index is -0.644. The highest BCUT2D eigenvalue weighted by atomic mass is 31.1. The highest BCUT2D eigenvalue weighted by Gasteiger charge is 2.33. The molecule has 5 aromatic rings. The van der Waals surface area contributed by atoms with Crippen molar-refractivity contribution < 1.29 is 0 Å². The van der Waals surface area contributed by atoms with Gasteiger partial charge in [0.25, 0.3) is 0 Å². The van der Waals surface area contributed by atoms with Gasteiger partial charge in [-0.1, -0.05) is 140 Å². The van der Waals surface area contributed by atoms with Crippen LogP contribution in [0, 0.1) is 5.92 Å². The molecule has 8 rings (SSSR count). The third-order valence-electron chi connectivity index (χ3n) is 8.59. The fourth-order valence-electron chi connectivity index (χ4n) is 6.72. The Balaban J connectivity index is 1.38. The van der Waals surface area contributed by atoms with Crippen molar-refractivity contribution in [3.05, 3.63) is 172 Å². The van der Waals surface area contributed by atoms with E-state index in [0.717, 1.165) is 18.2 Å². The highest BCUT2D eigenvalue weighted by Crippen LogP contribution is 2.46. The molecule has 0 aromatic heterocycles. The zero-order valence-corrected chi connectivity index (χ0v) is 23.7. The third kappa shape index (κ3) is 4.24. The van der Waals surface area contributed by atoms with Gasteiger partial charge in [0.2, 0.25) is 0 Å². The molecule has 3 aliphatic rings. The van der Waals surface area contributed by atoms with Crippen LogP contribution in [0.25, 0.3) is 22.4 Å². The Hall–Kier alpha value is -4.32. The van der Waals surface area contributed by atoms with Gasteiger partial charge in [0, 0.05) is 16.5 Å². The topological polar surface area (TPSA) is 12.4 Å². The van der Waals surface area contributed by atoms with Crippen LogP contribution in [-0.4, -0.2) is 0 Å². The van der Waals surface area contributed by atoms with E-state index < -0.39 is 7.92 Å². The first-order chi connectivity index (χ1) is 20.3. The van der Waals surface area contributed by atoms with E-state index in [1.807, 2.05) is 0 Å². The molecule has 0 fully saturated rings. The second-order valence-corrected chi connectivity index (χ2v) is 13.2. The summed E-state index contributed by atoms with van der Waals surface area (Å²) in [6, 6.07) is 42.6. The average Bonchev–Trinajstić information content (AvgIpc) is 3.05. The quantitative estimate of drug-likeness (QED) is 0.206. The lowest BCUT2D eigenvalue weighted by Gasteiger charge is -2.32. The summed E-state index contributed by atoms with van der Waals surface area (Å²) in [4.78, 5) is 5.50. The molecule has 0 saturated heterocycles. The van der Waals surface area contributed by atoms with Gasteiger partial charge in [-0.25, -0.2) is 0 Å². The molecule has 3 unspecified atom stereocenters. The van der Waals surface area contributed by atoms with Crippen LogP contribution in [0.4, 0.5) is 0 Å². The van der Waals surface area contributed by atoms with Crippen molar-refractivity contribution in [3.8, 4) is 0 Å². The predicted molar refractivity (Wildman–Crippen MR) is 174 cm³/mol. The van der Waals surface area contributed by atoms with Gasteiger partial charge >= 0.3 is 0 Å². The summed E-state index contributed by atoms with van der Waals surface area (Å²) in [6.45, 7) is 0. The maximum absolute atomic E-state index is 5.50. The fourth-order valence-corrected chi connectivity index (χ4v) is 9.16. The SMILES string of the molecule is C1=CC(P(c2ccccc2)c2cccc(C3=c4ccc5ccccc5c4=NC4c5ccccc5C=CC34)c2)=CCC1. The van der Waals surface area contributed by atoms with E-state index in [0.29, 0.717) is 0 Å². The van der Waals surface area contributed by atoms with Crippen molar-refractivity contribution >= 4 is 41.0 Å². The van der Waals surface area contributed by atoms with Crippen LogP contribution in [0.3, 0.4) is 0 Å². The van der Waals surface area contributed by atoms with E-state index in [9.17, 15) is 0 Å². The Morgan fingerprint density at radius 2 is 1.51 bits per heavy atom. The van der Waals surface area contributed by atoms with Crippen LogP contribution < -0.4 is 21.2 Å². The van der Waals surface area contributed by atoms with Crippen LogP contribution in [0.5, 0.6) is 0 Å². The number of rotatable bonds is 4. The minimum Gasteiger partial charge on any atom is -0.275 e. The molecule has 0 radical (unpaired) electrons. The largest absolute Gasteiger partial charge is 0.275 e. The van der Waals surface area contributed by atoms with Gasteiger partial charge in [0.05, 0.1) is 11.4 Å². The summed E-state index contributed by atoms with van der Waals surface area (Å²) in [5.74, 6) is 0.186. The van der Waals surface area contributed by atoms with E-state index in [1.54, 1.807) is 0 Å². The fraction of sp³-hybridized carbons (Fsp3) is 0.103. The smallest absolute Gasteiger partial charge is 0.0866 e. The van der Waals surface area contributed by atoms with Gasteiger partial charge in [0.1, 0.15) is 0 Å². The molecular weight excluding hydrogens is 513 g/mol. The summed E-state index contributed by atoms with van der Waals surface area (Å²) < 4.78 is 0. The minimum absolute atomic E-state index is 0.0628.